The Labute approximate surface area is 61.5 Å². The summed E-state index contributed by atoms with van der Waals surface area (Å²) in [6, 6.07) is 0. The molecule has 0 heterocycles. The normalized spacial score (nSPS) is 10.7. The van der Waals surface area contributed by atoms with Crippen LogP contribution in [0.25, 0.3) is 0 Å². The van der Waals surface area contributed by atoms with E-state index in [0.717, 1.165) is 8.37 Å². The van der Waals surface area contributed by atoms with E-state index >= 15 is 0 Å². The molecule has 0 aliphatic rings. The van der Waals surface area contributed by atoms with Crippen molar-refractivity contribution in [3.8, 4) is 0 Å². The molecule has 0 spiro atoms. The Morgan fingerprint density at radius 3 is 1.43 bits per heavy atom. The monoisotopic (exact) mass is 151 g/mol. The summed E-state index contributed by atoms with van der Waals surface area (Å²) < 4.78 is 0. The van der Waals surface area contributed by atoms with Gasteiger partial charge in [0.25, 0.3) is 0 Å². The molecule has 7 heavy (non-hydrogen) atoms. The van der Waals surface area contributed by atoms with Crippen molar-refractivity contribution in [1.82, 2.24) is 0 Å². The van der Waals surface area contributed by atoms with Crippen LogP contribution >= 0.6 is 8.37 Å². The first kappa shape index (κ1) is 10.7. The fourth-order valence-corrected chi connectivity index (χ4v) is 0. The molecule has 3 heteroatoms. The first-order valence-electron chi connectivity index (χ1n) is 1.95. The standard InChI is InChI=1S/C4H10NP.Ti/c1-4(2,3)6-5;/h5H,1-3H3;. The van der Waals surface area contributed by atoms with E-state index in [0.29, 0.717) is 0 Å². The SMILES string of the molecule is CC(C)(C)P=N.[Ti]. The summed E-state index contributed by atoms with van der Waals surface area (Å²) in [4.78, 5) is 0. The summed E-state index contributed by atoms with van der Waals surface area (Å²) in [5, 5.41) is 7.01. The molecule has 0 atom stereocenters. The molecular weight excluding hydrogens is 141 g/mol. The molecular formula is C4H10NPTi. The smallest absolute Gasteiger partial charge is 0.0208 e. The van der Waals surface area contributed by atoms with Gasteiger partial charge in [-0.3, -0.25) is 5.16 Å². The molecule has 0 amide bonds. The van der Waals surface area contributed by atoms with Gasteiger partial charge in [0.15, 0.2) is 0 Å². The predicted molar refractivity (Wildman–Crippen MR) is 29.4 cm³/mol. The Kier molecular flexibility index (Phi) is 5.78. The van der Waals surface area contributed by atoms with Gasteiger partial charge in [0, 0.05) is 35.2 Å². The van der Waals surface area contributed by atoms with E-state index in [1.54, 1.807) is 0 Å². The van der Waals surface area contributed by atoms with Gasteiger partial charge >= 0.3 is 0 Å². The van der Waals surface area contributed by atoms with Crippen molar-refractivity contribution in [1.29, 1.82) is 5.16 Å². The number of nitrogens with one attached hydrogen (secondary N) is 1. The number of hydrogen-bond acceptors (Lipinski definition) is 1. The van der Waals surface area contributed by atoms with Crippen LogP contribution in [-0.2, 0) is 21.7 Å². The molecule has 0 aromatic heterocycles. The fraction of sp³-hybridized carbons (Fsp3) is 1.00. The average Bonchev–Trinajstić information content (AvgIpc) is 1.35. The average molecular weight is 151 g/mol. The third-order valence-corrected chi connectivity index (χ3v) is 1.01. The molecule has 0 unspecified atom stereocenters. The van der Waals surface area contributed by atoms with Crippen molar-refractivity contribution in [2.75, 3.05) is 0 Å². The molecule has 0 aliphatic heterocycles. The molecule has 0 saturated carbocycles. The second-order valence-electron chi connectivity index (χ2n) is 2.28. The minimum absolute atomic E-state index is 0. The number of hydrogen-bond donors (Lipinski definition) is 1. The van der Waals surface area contributed by atoms with Gasteiger partial charge in [0.1, 0.15) is 0 Å². The molecule has 0 bridgehead atoms. The first-order valence-corrected chi connectivity index (χ1v) is 2.84. The van der Waals surface area contributed by atoms with Crippen molar-refractivity contribution >= 4 is 8.37 Å². The van der Waals surface area contributed by atoms with Crippen molar-refractivity contribution in [3.63, 3.8) is 0 Å². The van der Waals surface area contributed by atoms with E-state index in [4.69, 9.17) is 5.16 Å². The van der Waals surface area contributed by atoms with Gasteiger partial charge in [0.2, 0.25) is 0 Å². The van der Waals surface area contributed by atoms with Crippen LogP contribution in [0, 0.1) is 5.16 Å². The molecule has 0 aromatic carbocycles. The summed E-state index contributed by atoms with van der Waals surface area (Å²) in [7, 11) is 0.725. The van der Waals surface area contributed by atoms with Gasteiger partial charge in [-0.1, -0.05) is 20.8 Å². The van der Waals surface area contributed by atoms with Crippen molar-refractivity contribution < 1.29 is 21.7 Å². The van der Waals surface area contributed by atoms with E-state index < -0.39 is 0 Å². The van der Waals surface area contributed by atoms with E-state index in [9.17, 15) is 0 Å². The summed E-state index contributed by atoms with van der Waals surface area (Å²) in [5.41, 5.74) is 0. The van der Waals surface area contributed by atoms with Crippen LogP contribution in [0.1, 0.15) is 20.8 Å². The molecule has 0 saturated heterocycles. The minimum atomic E-state index is 0. The van der Waals surface area contributed by atoms with Crippen molar-refractivity contribution in [2.45, 2.75) is 25.9 Å². The second-order valence-corrected chi connectivity index (χ2v) is 3.85. The summed E-state index contributed by atoms with van der Waals surface area (Å²) >= 11 is 0. The van der Waals surface area contributed by atoms with Crippen molar-refractivity contribution in [2.24, 2.45) is 0 Å². The Balaban J connectivity index is 0. The van der Waals surface area contributed by atoms with Gasteiger partial charge in [-0.2, -0.15) is 0 Å². The third kappa shape index (κ3) is 10.9. The summed E-state index contributed by atoms with van der Waals surface area (Å²) in [6.45, 7) is 6.13. The predicted octanol–water partition coefficient (Wildman–Crippen LogP) is 2.49. The molecule has 1 nitrogen and oxygen atoms in total. The van der Waals surface area contributed by atoms with Crippen LogP contribution in [0.2, 0.25) is 0 Å². The molecule has 0 aliphatic carbocycles. The largest absolute Gasteiger partial charge is 0.283 e. The van der Waals surface area contributed by atoms with Crippen LogP contribution in [0.4, 0.5) is 0 Å². The van der Waals surface area contributed by atoms with E-state index in [-0.39, 0.29) is 26.9 Å². The third-order valence-electron chi connectivity index (χ3n) is 0.335. The minimum Gasteiger partial charge on any atom is -0.283 e. The van der Waals surface area contributed by atoms with Crippen LogP contribution in [-0.4, -0.2) is 5.16 Å². The van der Waals surface area contributed by atoms with Gasteiger partial charge < -0.3 is 0 Å². The van der Waals surface area contributed by atoms with Crippen LogP contribution in [0.15, 0.2) is 0 Å². The Morgan fingerprint density at radius 1 is 1.29 bits per heavy atom. The van der Waals surface area contributed by atoms with Crippen LogP contribution in [0.5, 0.6) is 0 Å². The zero-order valence-corrected chi connectivity index (χ0v) is 7.40. The fourth-order valence-electron chi connectivity index (χ4n) is 0. The maximum absolute atomic E-state index is 6.83. The van der Waals surface area contributed by atoms with E-state index in [1.165, 1.54) is 0 Å². The molecule has 0 fully saturated rings. The molecule has 0 aromatic rings. The van der Waals surface area contributed by atoms with E-state index in [1.807, 2.05) is 20.8 Å². The first-order chi connectivity index (χ1) is 2.56. The molecule has 0 rings (SSSR count). The van der Waals surface area contributed by atoms with Crippen LogP contribution in [0.3, 0.4) is 0 Å². The maximum atomic E-state index is 6.83. The van der Waals surface area contributed by atoms with Gasteiger partial charge in [-0.05, 0) is 0 Å². The Hall–Kier alpha value is 0.814. The van der Waals surface area contributed by atoms with Crippen molar-refractivity contribution in [3.05, 3.63) is 0 Å². The Bertz CT molecular complexity index is 57.2. The zero-order chi connectivity index (χ0) is 5.21. The van der Waals surface area contributed by atoms with Gasteiger partial charge in [-0.15, -0.1) is 0 Å². The topological polar surface area (TPSA) is 23.9 Å². The molecule has 0 radical (unpaired) electrons. The molecule has 1 N–H and O–H groups in total. The summed E-state index contributed by atoms with van der Waals surface area (Å²) in [6.07, 6.45) is 0. The molecule has 40 valence electrons. The Morgan fingerprint density at radius 2 is 1.43 bits per heavy atom. The van der Waals surface area contributed by atoms with Crippen LogP contribution < -0.4 is 0 Å². The van der Waals surface area contributed by atoms with Gasteiger partial charge in [0.05, 0.1) is 0 Å². The second kappa shape index (κ2) is 3.77. The summed E-state index contributed by atoms with van der Waals surface area (Å²) in [5.74, 6) is 0. The zero-order valence-electron chi connectivity index (χ0n) is 4.95. The van der Waals surface area contributed by atoms with Gasteiger partial charge in [-0.25, -0.2) is 0 Å². The number of rotatable bonds is 0. The van der Waals surface area contributed by atoms with E-state index in [2.05, 4.69) is 0 Å². The maximum Gasteiger partial charge on any atom is 0.0208 e. The quantitative estimate of drug-likeness (QED) is 0.406.